The first-order valence-corrected chi connectivity index (χ1v) is 6.86. The third-order valence-electron chi connectivity index (χ3n) is 4.59. The average Bonchev–Trinajstić information content (AvgIpc) is 2.27. The van der Waals surface area contributed by atoms with Crippen LogP contribution in [-0.4, -0.2) is 6.29 Å². The van der Waals surface area contributed by atoms with Crippen LogP contribution in [0.1, 0.15) is 47.0 Å². The molecule has 2 aliphatic carbocycles. The van der Waals surface area contributed by atoms with Crippen molar-refractivity contribution in [2.75, 3.05) is 0 Å². The van der Waals surface area contributed by atoms with E-state index in [9.17, 15) is 4.79 Å². The Kier molecular flexibility index (Phi) is 3.56. The molecule has 3 unspecified atom stereocenters. The van der Waals surface area contributed by atoms with E-state index >= 15 is 0 Å². The molecule has 3 atom stereocenters. The first-order chi connectivity index (χ1) is 8.04. The molecular formula is C16H24O. The Balaban J connectivity index is 2.43. The number of rotatable bonds is 2. The lowest BCUT2D eigenvalue weighted by atomic mass is 9.64. The fourth-order valence-electron chi connectivity index (χ4n) is 3.70. The van der Waals surface area contributed by atoms with Crippen LogP contribution in [0, 0.1) is 23.7 Å². The van der Waals surface area contributed by atoms with Crippen molar-refractivity contribution in [3.05, 3.63) is 22.8 Å². The van der Waals surface area contributed by atoms with Gasteiger partial charge >= 0.3 is 0 Å². The quantitative estimate of drug-likeness (QED) is 0.516. The van der Waals surface area contributed by atoms with Gasteiger partial charge in [0.05, 0.1) is 0 Å². The molecule has 0 radical (unpaired) electrons. The lowest BCUT2D eigenvalue weighted by Gasteiger charge is -2.40. The Morgan fingerprint density at radius 1 is 1.35 bits per heavy atom. The summed E-state index contributed by atoms with van der Waals surface area (Å²) in [5.41, 5.74) is 4.33. The van der Waals surface area contributed by atoms with E-state index in [-0.39, 0.29) is 5.92 Å². The minimum absolute atomic E-state index is 0.159. The molecule has 0 aromatic rings. The van der Waals surface area contributed by atoms with Crippen LogP contribution in [-0.2, 0) is 4.79 Å². The molecule has 2 rings (SSSR count). The third kappa shape index (κ3) is 2.25. The summed E-state index contributed by atoms with van der Waals surface area (Å²) < 4.78 is 0. The molecule has 0 spiro atoms. The van der Waals surface area contributed by atoms with Crippen molar-refractivity contribution in [1.82, 2.24) is 0 Å². The van der Waals surface area contributed by atoms with Gasteiger partial charge < -0.3 is 4.79 Å². The van der Waals surface area contributed by atoms with E-state index in [4.69, 9.17) is 0 Å². The molecule has 17 heavy (non-hydrogen) atoms. The van der Waals surface area contributed by atoms with Gasteiger partial charge in [-0.15, -0.1) is 0 Å². The van der Waals surface area contributed by atoms with E-state index in [0.717, 1.165) is 12.3 Å². The van der Waals surface area contributed by atoms with Gasteiger partial charge in [0.2, 0.25) is 0 Å². The smallest absolute Gasteiger partial charge is 0.127 e. The highest BCUT2D eigenvalue weighted by Gasteiger charge is 2.36. The number of hydrogen-bond donors (Lipinski definition) is 0. The normalized spacial score (nSPS) is 33.5. The topological polar surface area (TPSA) is 17.1 Å². The molecule has 0 aromatic heterocycles. The molecule has 0 fully saturated rings. The molecule has 0 N–H and O–H groups in total. The highest BCUT2D eigenvalue weighted by atomic mass is 16.1. The zero-order valence-corrected chi connectivity index (χ0v) is 11.5. The lowest BCUT2D eigenvalue weighted by molar-refractivity contribution is -0.110. The molecule has 0 amide bonds. The van der Waals surface area contributed by atoms with E-state index in [2.05, 4.69) is 33.8 Å². The van der Waals surface area contributed by atoms with Crippen LogP contribution in [0.15, 0.2) is 22.8 Å². The Hall–Kier alpha value is -0.850. The van der Waals surface area contributed by atoms with Crippen molar-refractivity contribution in [2.24, 2.45) is 23.7 Å². The summed E-state index contributed by atoms with van der Waals surface area (Å²) >= 11 is 0. The fourth-order valence-corrected chi connectivity index (χ4v) is 3.70. The van der Waals surface area contributed by atoms with Gasteiger partial charge in [0.1, 0.15) is 6.29 Å². The molecule has 2 aliphatic rings. The summed E-state index contributed by atoms with van der Waals surface area (Å²) in [5, 5.41) is 0. The second-order valence-corrected chi connectivity index (χ2v) is 6.17. The minimum atomic E-state index is 0.159. The standard InChI is InChI=1S/C16H24O/c1-10(2)14-6-5-12(4)16-13(9-17)7-11(3)8-15(14)16/h8-10,13-15H,5-7H2,1-4H3. The first-order valence-electron chi connectivity index (χ1n) is 6.86. The number of allylic oxidation sites excluding steroid dienone is 4. The summed E-state index contributed by atoms with van der Waals surface area (Å²) in [6, 6.07) is 0. The van der Waals surface area contributed by atoms with Gasteiger partial charge in [-0.25, -0.2) is 0 Å². The molecule has 0 heterocycles. The van der Waals surface area contributed by atoms with Gasteiger partial charge in [-0.05, 0) is 44.9 Å². The van der Waals surface area contributed by atoms with Gasteiger partial charge in [-0.2, -0.15) is 0 Å². The van der Waals surface area contributed by atoms with Crippen molar-refractivity contribution < 1.29 is 4.79 Å². The molecule has 0 aromatic carbocycles. The molecule has 94 valence electrons. The first kappa shape index (κ1) is 12.6. The predicted octanol–water partition coefficient (Wildman–Crippen LogP) is 4.15. The predicted molar refractivity (Wildman–Crippen MR) is 71.7 cm³/mol. The molecule has 0 saturated heterocycles. The number of hydrogen-bond acceptors (Lipinski definition) is 1. The summed E-state index contributed by atoms with van der Waals surface area (Å²) in [4.78, 5) is 11.3. The van der Waals surface area contributed by atoms with Crippen LogP contribution in [0.25, 0.3) is 0 Å². The van der Waals surface area contributed by atoms with E-state index < -0.39 is 0 Å². The van der Waals surface area contributed by atoms with E-state index in [1.165, 1.54) is 35.8 Å². The Bertz CT molecular complexity index is 373. The second kappa shape index (κ2) is 4.80. The summed E-state index contributed by atoms with van der Waals surface area (Å²) in [7, 11) is 0. The van der Waals surface area contributed by atoms with Crippen LogP contribution in [0.4, 0.5) is 0 Å². The van der Waals surface area contributed by atoms with Crippen LogP contribution in [0.5, 0.6) is 0 Å². The number of carbonyl (C=O) groups is 1. The van der Waals surface area contributed by atoms with Crippen LogP contribution >= 0.6 is 0 Å². The number of fused-ring (bicyclic) bond motifs is 1. The van der Waals surface area contributed by atoms with Crippen molar-refractivity contribution in [3.63, 3.8) is 0 Å². The molecular weight excluding hydrogens is 208 g/mol. The molecule has 0 aliphatic heterocycles. The van der Waals surface area contributed by atoms with Crippen molar-refractivity contribution in [1.29, 1.82) is 0 Å². The van der Waals surface area contributed by atoms with Crippen molar-refractivity contribution in [3.8, 4) is 0 Å². The van der Waals surface area contributed by atoms with Crippen LogP contribution < -0.4 is 0 Å². The molecule has 0 bridgehead atoms. The number of carbonyl (C=O) groups excluding carboxylic acids is 1. The Morgan fingerprint density at radius 3 is 2.65 bits per heavy atom. The maximum Gasteiger partial charge on any atom is 0.127 e. The van der Waals surface area contributed by atoms with E-state index in [1.54, 1.807) is 0 Å². The molecule has 0 saturated carbocycles. The van der Waals surface area contributed by atoms with E-state index in [1.807, 2.05) is 0 Å². The third-order valence-corrected chi connectivity index (χ3v) is 4.59. The van der Waals surface area contributed by atoms with Crippen LogP contribution in [0.2, 0.25) is 0 Å². The zero-order chi connectivity index (χ0) is 12.6. The van der Waals surface area contributed by atoms with Gasteiger partial charge in [0, 0.05) is 11.8 Å². The zero-order valence-electron chi connectivity index (χ0n) is 11.5. The summed E-state index contributed by atoms with van der Waals surface area (Å²) in [6.45, 7) is 9.03. The SMILES string of the molecule is CC1=CC2C(=C(C)CCC2C(C)C)C(C=O)C1. The Labute approximate surface area is 105 Å². The van der Waals surface area contributed by atoms with E-state index in [0.29, 0.717) is 11.8 Å². The lowest BCUT2D eigenvalue weighted by Crippen LogP contribution is -2.31. The van der Waals surface area contributed by atoms with Crippen molar-refractivity contribution >= 4 is 6.29 Å². The number of aldehydes is 1. The maximum absolute atomic E-state index is 11.3. The highest BCUT2D eigenvalue weighted by Crippen LogP contribution is 2.46. The molecule has 1 heteroatoms. The van der Waals surface area contributed by atoms with Gasteiger partial charge in [-0.1, -0.05) is 36.6 Å². The van der Waals surface area contributed by atoms with Crippen LogP contribution in [0.3, 0.4) is 0 Å². The van der Waals surface area contributed by atoms with Gasteiger partial charge in [0.15, 0.2) is 0 Å². The summed E-state index contributed by atoms with van der Waals surface area (Å²) in [6.07, 6.45) is 7.02. The van der Waals surface area contributed by atoms with Gasteiger partial charge in [0.25, 0.3) is 0 Å². The summed E-state index contributed by atoms with van der Waals surface area (Å²) in [5.74, 6) is 2.13. The highest BCUT2D eigenvalue weighted by molar-refractivity contribution is 5.62. The average molecular weight is 232 g/mol. The van der Waals surface area contributed by atoms with Crippen molar-refractivity contribution in [2.45, 2.75) is 47.0 Å². The fraction of sp³-hybridized carbons (Fsp3) is 0.688. The largest absolute Gasteiger partial charge is 0.303 e. The molecule has 1 nitrogen and oxygen atoms in total. The second-order valence-electron chi connectivity index (χ2n) is 6.17. The Morgan fingerprint density at radius 2 is 2.06 bits per heavy atom. The maximum atomic E-state index is 11.3. The van der Waals surface area contributed by atoms with Gasteiger partial charge in [-0.3, -0.25) is 0 Å². The monoisotopic (exact) mass is 232 g/mol. The minimum Gasteiger partial charge on any atom is -0.303 e.